The summed E-state index contributed by atoms with van der Waals surface area (Å²) in [6.07, 6.45) is 0.730. The van der Waals surface area contributed by atoms with Crippen LogP contribution >= 0.6 is 35.0 Å². The summed E-state index contributed by atoms with van der Waals surface area (Å²) in [7, 11) is 2.14. The fraction of sp³-hybridized carbons (Fsp3) is 0.538. The summed E-state index contributed by atoms with van der Waals surface area (Å²) in [6.45, 7) is 1.10. The van der Waals surface area contributed by atoms with Crippen molar-refractivity contribution < 1.29 is 0 Å². The van der Waals surface area contributed by atoms with Crippen molar-refractivity contribution in [2.75, 3.05) is 25.1 Å². The number of nitrogens with zero attached hydrogens (tertiary/aromatic N) is 1. The lowest BCUT2D eigenvalue weighted by molar-refractivity contribution is 0.235. The molecule has 0 saturated carbocycles. The maximum absolute atomic E-state index is 6.34. The summed E-state index contributed by atoms with van der Waals surface area (Å²) in [5.41, 5.74) is 7.31. The summed E-state index contributed by atoms with van der Waals surface area (Å²) >= 11 is 14.3. The van der Waals surface area contributed by atoms with Gasteiger partial charge in [-0.25, -0.2) is 0 Å². The maximum Gasteiger partial charge on any atom is 0.0453 e. The van der Waals surface area contributed by atoms with Crippen molar-refractivity contribution in [1.82, 2.24) is 4.90 Å². The molecule has 1 heterocycles. The first kappa shape index (κ1) is 14.5. The summed E-state index contributed by atoms with van der Waals surface area (Å²) in [6, 6.07) is 6.07. The van der Waals surface area contributed by atoms with Gasteiger partial charge in [0.2, 0.25) is 0 Å². The van der Waals surface area contributed by atoms with Crippen molar-refractivity contribution in [3.63, 3.8) is 0 Å². The Bertz CT molecular complexity index is 394. The second-order valence-corrected chi connectivity index (χ2v) is 6.66. The smallest absolute Gasteiger partial charge is 0.0453 e. The molecule has 2 unspecified atom stereocenters. The lowest BCUT2D eigenvalue weighted by atomic mass is 10.00. The molecule has 0 spiro atoms. The third-order valence-corrected chi connectivity index (χ3v) is 5.20. The molecule has 1 aliphatic rings. The van der Waals surface area contributed by atoms with E-state index in [-0.39, 0.29) is 6.04 Å². The van der Waals surface area contributed by atoms with Crippen LogP contribution in [-0.2, 0) is 6.42 Å². The Morgan fingerprint density at radius 1 is 1.44 bits per heavy atom. The van der Waals surface area contributed by atoms with E-state index in [1.807, 2.05) is 30.0 Å². The van der Waals surface area contributed by atoms with Crippen LogP contribution in [0.25, 0.3) is 0 Å². The first-order valence-electron chi connectivity index (χ1n) is 6.06. The average Bonchev–Trinajstić information content (AvgIpc) is 2.34. The van der Waals surface area contributed by atoms with Gasteiger partial charge in [0.15, 0.2) is 0 Å². The molecule has 2 atom stereocenters. The number of benzene rings is 1. The molecule has 1 fully saturated rings. The van der Waals surface area contributed by atoms with Gasteiger partial charge in [0.25, 0.3) is 0 Å². The van der Waals surface area contributed by atoms with Crippen LogP contribution < -0.4 is 5.73 Å². The van der Waals surface area contributed by atoms with E-state index in [0.717, 1.165) is 24.3 Å². The van der Waals surface area contributed by atoms with Crippen LogP contribution in [0.2, 0.25) is 10.0 Å². The van der Waals surface area contributed by atoms with Gasteiger partial charge in [-0.3, -0.25) is 0 Å². The molecule has 2 rings (SSSR count). The minimum Gasteiger partial charge on any atom is -0.326 e. The zero-order valence-electron chi connectivity index (χ0n) is 10.4. The molecular weight excluding hydrogens is 287 g/mol. The van der Waals surface area contributed by atoms with Gasteiger partial charge in [0, 0.05) is 40.2 Å². The number of likely N-dealkylation sites (N-methyl/N-ethyl adjacent to an activating group) is 1. The van der Waals surface area contributed by atoms with E-state index in [2.05, 4.69) is 11.9 Å². The maximum atomic E-state index is 6.34. The predicted molar refractivity (Wildman–Crippen MR) is 81.9 cm³/mol. The highest BCUT2D eigenvalue weighted by Crippen LogP contribution is 2.27. The van der Waals surface area contributed by atoms with Crippen LogP contribution in [0.3, 0.4) is 0 Å². The van der Waals surface area contributed by atoms with Crippen LogP contribution in [-0.4, -0.2) is 42.1 Å². The SMILES string of the molecule is CN1CCSCC1C(N)Cc1c(Cl)cccc1Cl. The van der Waals surface area contributed by atoms with Gasteiger partial charge in [-0.1, -0.05) is 29.3 Å². The molecule has 0 aromatic heterocycles. The predicted octanol–water partition coefficient (Wildman–Crippen LogP) is 2.91. The summed E-state index contributed by atoms with van der Waals surface area (Å²) in [4.78, 5) is 2.34. The summed E-state index contributed by atoms with van der Waals surface area (Å²) in [5, 5.41) is 1.42. The number of hydrogen-bond donors (Lipinski definition) is 1. The molecule has 5 heteroatoms. The second-order valence-electron chi connectivity index (χ2n) is 4.69. The van der Waals surface area contributed by atoms with E-state index < -0.39 is 0 Å². The lowest BCUT2D eigenvalue weighted by Gasteiger charge is -2.36. The highest BCUT2D eigenvalue weighted by atomic mass is 35.5. The molecule has 100 valence electrons. The lowest BCUT2D eigenvalue weighted by Crippen LogP contribution is -2.51. The molecule has 1 saturated heterocycles. The van der Waals surface area contributed by atoms with Crippen molar-refractivity contribution in [1.29, 1.82) is 0 Å². The van der Waals surface area contributed by atoms with Crippen LogP contribution in [0.4, 0.5) is 0 Å². The van der Waals surface area contributed by atoms with Gasteiger partial charge < -0.3 is 10.6 Å². The van der Waals surface area contributed by atoms with Crippen molar-refractivity contribution in [3.05, 3.63) is 33.8 Å². The zero-order valence-corrected chi connectivity index (χ0v) is 12.7. The minimum atomic E-state index is 0.0696. The minimum absolute atomic E-state index is 0.0696. The molecule has 1 aliphatic heterocycles. The molecular formula is C13H18Cl2N2S. The first-order chi connectivity index (χ1) is 8.59. The Morgan fingerprint density at radius 2 is 2.11 bits per heavy atom. The van der Waals surface area contributed by atoms with E-state index >= 15 is 0 Å². The standard InChI is InChI=1S/C13H18Cl2N2S/c1-17-5-6-18-8-13(17)12(16)7-9-10(14)3-2-4-11(9)15/h2-4,12-13H,5-8,16H2,1H3. The third-order valence-electron chi connectivity index (χ3n) is 3.44. The molecule has 2 nitrogen and oxygen atoms in total. The van der Waals surface area contributed by atoms with E-state index in [0.29, 0.717) is 16.1 Å². The first-order valence-corrected chi connectivity index (χ1v) is 7.97. The molecule has 1 aromatic rings. The van der Waals surface area contributed by atoms with Gasteiger partial charge in [0.1, 0.15) is 0 Å². The van der Waals surface area contributed by atoms with Crippen LogP contribution in [0, 0.1) is 0 Å². The Hall–Kier alpha value is 0.0700. The molecule has 0 radical (unpaired) electrons. The average molecular weight is 305 g/mol. The number of rotatable bonds is 3. The summed E-state index contributed by atoms with van der Waals surface area (Å²) in [5.74, 6) is 2.27. The third kappa shape index (κ3) is 3.34. The Balaban J connectivity index is 2.08. The topological polar surface area (TPSA) is 29.3 Å². The van der Waals surface area contributed by atoms with Crippen LogP contribution in [0.15, 0.2) is 18.2 Å². The van der Waals surface area contributed by atoms with Crippen molar-refractivity contribution in [3.8, 4) is 0 Å². The van der Waals surface area contributed by atoms with Gasteiger partial charge >= 0.3 is 0 Å². The Kier molecular flexibility index (Phi) is 5.22. The van der Waals surface area contributed by atoms with Gasteiger partial charge in [-0.15, -0.1) is 0 Å². The van der Waals surface area contributed by atoms with Crippen LogP contribution in [0.5, 0.6) is 0 Å². The van der Waals surface area contributed by atoms with E-state index in [1.165, 1.54) is 5.75 Å². The zero-order chi connectivity index (χ0) is 13.1. The van der Waals surface area contributed by atoms with Gasteiger partial charge in [0.05, 0.1) is 0 Å². The van der Waals surface area contributed by atoms with Crippen molar-refractivity contribution in [2.45, 2.75) is 18.5 Å². The highest BCUT2D eigenvalue weighted by molar-refractivity contribution is 7.99. The number of thioether (sulfide) groups is 1. The largest absolute Gasteiger partial charge is 0.326 e. The molecule has 0 aliphatic carbocycles. The normalized spacial score (nSPS) is 23.0. The van der Waals surface area contributed by atoms with Gasteiger partial charge in [-0.05, 0) is 31.2 Å². The quantitative estimate of drug-likeness (QED) is 0.931. The van der Waals surface area contributed by atoms with Gasteiger partial charge in [-0.2, -0.15) is 11.8 Å². The van der Waals surface area contributed by atoms with Crippen molar-refractivity contribution in [2.24, 2.45) is 5.73 Å². The van der Waals surface area contributed by atoms with Crippen LogP contribution in [0.1, 0.15) is 5.56 Å². The van der Waals surface area contributed by atoms with E-state index in [9.17, 15) is 0 Å². The van der Waals surface area contributed by atoms with E-state index in [4.69, 9.17) is 28.9 Å². The monoisotopic (exact) mass is 304 g/mol. The molecule has 18 heavy (non-hydrogen) atoms. The number of nitrogens with two attached hydrogens (primary N) is 1. The second kappa shape index (κ2) is 6.49. The fourth-order valence-corrected chi connectivity index (χ4v) is 4.13. The molecule has 1 aromatic carbocycles. The Labute approximate surface area is 123 Å². The fourth-order valence-electron chi connectivity index (χ4n) is 2.26. The number of hydrogen-bond acceptors (Lipinski definition) is 3. The number of halogens is 2. The summed E-state index contributed by atoms with van der Waals surface area (Å²) < 4.78 is 0. The molecule has 0 amide bonds. The van der Waals surface area contributed by atoms with Crippen molar-refractivity contribution >= 4 is 35.0 Å². The Morgan fingerprint density at radius 3 is 2.72 bits per heavy atom. The molecule has 2 N–H and O–H groups in total. The highest BCUT2D eigenvalue weighted by Gasteiger charge is 2.26. The molecule has 0 bridgehead atoms. The van der Waals surface area contributed by atoms with E-state index in [1.54, 1.807) is 0 Å².